The molecule has 0 spiro atoms. The van der Waals surface area contributed by atoms with Gasteiger partial charge in [0.1, 0.15) is 0 Å². The summed E-state index contributed by atoms with van der Waals surface area (Å²) in [6.45, 7) is 5.92. The van der Waals surface area contributed by atoms with Crippen LogP contribution in [0, 0.1) is 0 Å². The van der Waals surface area contributed by atoms with Crippen LogP contribution in [0.15, 0.2) is 0 Å². The first-order valence-corrected chi connectivity index (χ1v) is 6.84. The van der Waals surface area contributed by atoms with Crippen molar-refractivity contribution in [2.24, 2.45) is 0 Å². The monoisotopic (exact) mass is 244 g/mol. The number of hydrogen-bond acceptors (Lipinski definition) is 3. The molecule has 4 heteroatoms. The van der Waals surface area contributed by atoms with Crippen molar-refractivity contribution in [2.75, 3.05) is 19.7 Å². The lowest BCUT2D eigenvalue weighted by atomic mass is 10.2. The van der Waals surface area contributed by atoms with E-state index in [0.29, 0.717) is 0 Å². The minimum absolute atomic E-state index is 0.0864. The molecule has 0 saturated carbocycles. The fourth-order valence-corrected chi connectivity index (χ4v) is 1.56. The molecule has 0 aromatic carbocycles. The number of nitrogens with one attached hydrogen (secondary N) is 2. The molecule has 0 saturated heterocycles. The lowest BCUT2D eigenvalue weighted by Crippen LogP contribution is -2.42. The van der Waals surface area contributed by atoms with Gasteiger partial charge in [0.25, 0.3) is 0 Å². The topological polar surface area (TPSA) is 61.4 Å². The molecule has 0 heterocycles. The van der Waals surface area contributed by atoms with Crippen LogP contribution in [-0.4, -0.2) is 36.8 Å². The van der Waals surface area contributed by atoms with E-state index in [4.69, 9.17) is 5.11 Å². The molecule has 17 heavy (non-hydrogen) atoms. The van der Waals surface area contributed by atoms with Crippen LogP contribution in [0.25, 0.3) is 0 Å². The van der Waals surface area contributed by atoms with Gasteiger partial charge in [-0.05, 0) is 39.2 Å². The van der Waals surface area contributed by atoms with Gasteiger partial charge in [-0.25, -0.2) is 0 Å². The molecule has 1 amide bonds. The SMILES string of the molecule is CCCCCNC(=O)C(C)NCCCCCO. The first-order valence-electron chi connectivity index (χ1n) is 6.84. The normalized spacial score (nSPS) is 12.4. The molecule has 4 nitrogen and oxygen atoms in total. The van der Waals surface area contributed by atoms with Crippen LogP contribution < -0.4 is 10.6 Å². The zero-order valence-corrected chi connectivity index (χ0v) is 11.3. The van der Waals surface area contributed by atoms with Crippen molar-refractivity contribution in [3.63, 3.8) is 0 Å². The maximum atomic E-state index is 11.6. The molecule has 0 aliphatic heterocycles. The molecule has 1 atom stereocenters. The summed E-state index contributed by atoms with van der Waals surface area (Å²) in [6, 6.07) is -0.120. The first-order chi connectivity index (χ1) is 8.22. The number of amides is 1. The van der Waals surface area contributed by atoms with Crippen molar-refractivity contribution < 1.29 is 9.90 Å². The van der Waals surface area contributed by atoms with E-state index in [9.17, 15) is 4.79 Å². The smallest absolute Gasteiger partial charge is 0.236 e. The van der Waals surface area contributed by atoms with Gasteiger partial charge < -0.3 is 15.7 Å². The first kappa shape index (κ1) is 16.4. The molecule has 102 valence electrons. The maximum Gasteiger partial charge on any atom is 0.236 e. The molecule has 0 aromatic rings. The predicted molar refractivity (Wildman–Crippen MR) is 70.9 cm³/mol. The summed E-state index contributed by atoms with van der Waals surface area (Å²) >= 11 is 0. The van der Waals surface area contributed by atoms with E-state index in [0.717, 1.165) is 38.8 Å². The Bertz CT molecular complexity index is 186. The number of unbranched alkanes of at least 4 members (excludes halogenated alkanes) is 4. The third-order valence-corrected chi connectivity index (χ3v) is 2.76. The number of aliphatic hydroxyl groups is 1. The van der Waals surface area contributed by atoms with E-state index in [1.165, 1.54) is 12.8 Å². The minimum Gasteiger partial charge on any atom is -0.396 e. The van der Waals surface area contributed by atoms with Crippen LogP contribution in [0.3, 0.4) is 0 Å². The molecule has 0 bridgehead atoms. The molecular formula is C13H28N2O2. The highest BCUT2D eigenvalue weighted by Crippen LogP contribution is 1.94. The van der Waals surface area contributed by atoms with Crippen LogP contribution in [0.5, 0.6) is 0 Å². The summed E-state index contributed by atoms with van der Waals surface area (Å²) < 4.78 is 0. The van der Waals surface area contributed by atoms with Gasteiger partial charge in [-0.2, -0.15) is 0 Å². The van der Waals surface area contributed by atoms with E-state index in [-0.39, 0.29) is 18.6 Å². The summed E-state index contributed by atoms with van der Waals surface area (Å²) in [5.41, 5.74) is 0. The fourth-order valence-electron chi connectivity index (χ4n) is 1.56. The lowest BCUT2D eigenvalue weighted by molar-refractivity contribution is -0.122. The third kappa shape index (κ3) is 10.3. The van der Waals surface area contributed by atoms with Gasteiger partial charge in [0.2, 0.25) is 5.91 Å². The van der Waals surface area contributed by atoms with Crippen LogP contribution in [0.2, 0.25) is 0 Å². The second-order valence-corrected chi connectivity index (χ2v) is 4.46. The molecular weight excluding hydrogens is 216 g/mol. The van der Waals surface area contributed by atoms with Gasteiger partial charge in [-0.3, -0.25) is 4.79 Å². The number of aliphatic hydroxyl groups excluding tert-OH is 1. The Morgan fingerprint density at radius 3 is 2.47 bits per heavy atom. The van der Waals surface area contributed by atoms with E-state index in [1.54, 1.807) is 0 Å². The van der Waals surface area contributed by atoms with E-state index >= 15 is 0 Å². The Hall–Kier alpha value is -0.610. The number of hydrogen-bond donors (Lipinski definition) is 3. The van der Waals surface area contributed by atoms with E-state index < -0.39 is 0 Å². The molecule has 0 radical (unpaired) electrons. The molecule has 3 N–H and O–H groups in total. The highest BCUT2D eigenvalue weighted by Gasteiger charge is 2.10. The number of carbonyl (C=O) groups excluding carboxylic acids is 1. The number of rotatable bonds is 11. The number of carbonyl (C=O) groups is 1. The maximum absolute atomic E-state index is 11.6. The van der Waals surface area contributed by atoms with Gasteiger partial charge in [0.05, 0.1) is 6.04 Å². The van der Waals surface area contributed by atoms with Crippen LogP contribution in [-0.2, 0) is 4.79 Å². The second kappa shape index (κ2) is 11.9. The van der Waals surface area contributed by atoms with Gasteiger partial charge in [0, 0.05) is 13.2 Å². The Balaban J connectivity index is 3.40. The molecule has 0 aliphatic carbocycles. The van der Waals surface area contributed by atoms with Crippen molar-refractivity contribution in [3.05, 3.63) is 0 Å². The van der Waals surface area contributed by atoms with Crippen LogP contribution in [0.1, 0.15) is 52.4 Å². The Morgan fingerprint density at radius 2 is 1.82 bits per heavy atom. The molecule has 0 aromatic heterocycles. The van der Waals surface area contributed by atoms with E-state index in [1.807, 2.05) is 6.92 Å². The standard InChI is InChI=1S/C13H28N2O2/c1-3-4-6-10-15-13(17)12(2)14-9-7-5-8-11-16/h12,14,16H,3-11H2,1-2H3,(H,15,17). The largest absolute Gasteiger partial charge is 0.396 e. The summed E-state index contributed by atoms with van der Waals surface area (Å²) in [5, 5.41) is 14.7. The fraction of sp³-hybridized carbons (Fsp3) is 0.923. The summed E-state index contributed by atoms with van der Waals surface area (Å²) in [4.78, 5) is 11.6. The molecule has 0 rings (SSSR count). The summed E-state index contributed by atoms with van der Waals surface area (Å²) in [6.07, 6.45) is 6.27. The highest BCUT2D eigenvalue weighted by atomic mass is 16.2. The quantitative estimate of drug-likeness (QED) is 0.482. The van der Waals surface area contributed by atoms with Crippen LogP contribution in [0.4, 0.5) is 0 Å². The van der Waals surface area contributed by atoms with Gasteiger partial charge in [-0.1, -0.05) is 19.8 Å². The van der Waals surface area contributed by atoms with Gasteiger partial charge in [0.15, 0.2) is 0 Å². The molecule has 0 fully saturated rings. The van der Waals surface area contributed by atoms with Crippen molar-refractivity contribution in [1.29, 1.82) is 0 Å². The van der Waals surface area contributed by atoms with Crippen molar-refractivity contribution in [2.45, 2.75) is 58.4 Å². The predicted octanol–water partition coefficient (Wildman–Crippen LogP) is 1.43. The van der Waals surface area contributed by atoms with Crippen LogP contribution >= 0.6 is 0 Å². The zero-order chi connectivity index (χ0) is 12.9. The molecule has 1 unspecified atom stereocenters. The van der Waals surface area contributed by atoms with E-state index in [2.05, 4.69) is 17.6 Å². The Kier molecular flexibility index (Phi) is 11.4. The second-order valence-electron chi connectivity index (χ2n) is 4.46. The van der Waals surface area contributed by atoms with Crippen molar-refractivity contribution in [3.8, 4) is 0 Å². The average molecular weight is 244 g/mol. The lowest BCUT2D eigenvalue weighted by Gasteiger charge is -2.13. The Morgan fingerprint density at radius 1 is 1.12 bits per heavy atom. The van der Waals surface area contributed by atoms with Crippen molar-refractivity contribution in [1.82, 2.24) is 10.6 Å². The van der Waals surface area contributed by atoms with Crippen molar-refractivity contribution >= 4 is 5.91 Å². The average Bonchev–Trinajstić information content (AvgIpc) is 2.34. The highest BCUT2D eigenvalue weighted by molar-refractivity contribution is 5.81. The Labute approximate surface area is 105 Å². The summed E-state index contributed by atoms with van der Waals surface area (Å²) in [7, 11) is 0. The van der Waals surface area contributed by atoms with Gasteiger partial charge in [-0.15, -0.1) is 0 Å². The van der Waals surface area contributed by atoms with Gasteiger partial charge >= 0.3 is 0 Å². The zero-order valence-electron chi connectivity index (χ0n) is 11.3. The summed E-state index contributed by atoms with van der Waals surface area (Å²) in [5.74, 6) is 0.0864. The minimum atomic E-state index is -0.120. The molecule has 0 aliphatic rings. The third-order valence-electron chi connectivity index (χ3n) is 2.76.